The van der Waals surface area contributed by atoms with Gasteiger partial charge < -0.3 is 4.74 Å². The van der Waals surface area contributed by atoms with Crippen molar-refractivity contribution in [1.82, 2.24) is 0 Å². The number of ether oxygens (including phenoxy) is 1. The van der Waals surface area contributed by atoms with Crippen LogP contribution in [0.4, 0.5) is 11.4 Å². The highest BCUT2D eigenvalue weighted by molar-refractivity contribution is 7.92. The molecule has 8 heteroatoms. The molecule has 3 aromatic carbocycles. The highest BCUT2D eigenvalue weighted by atomic mass is 32.2. The van der Waals surface area contributed by atoms with Crippen molar-refractivity contribution in [1.29, 1.82) is 5.26 Å². The molecule has 34 heavy (non-hydrogen) atoms. The molecule has 3 rings (SSSR count). The van der Waals surface area contributed by atoms with Crippen molar-refractivity contribution in [3.05, 3.63) is 89.5 Å². The zero-order valence-corrected chi connectivity index (χ0v) is 19.8. The van der Waals surface area contributed by atoms with Gasteiger partial charge in [0.05, 0.1) is 40.9 Å². The van der Waals surface area contributed by atoms with Gasteiger partial charge in [0.15, 0.2) is 0 Å². The Morgan fingerprint density at radius 2 is 1.79 bits per heavy atom. The highest BCUT2D eigenvalue weighted by Crippen LogP contribution is 2.26. The average molecular weight is 476 g/mol. The first-order valence-electron chi connectivity index (χ1n) is 10.7. The van der Waals surface area contributed by atoms with Crippen LogP contribution in [0.3, 0.4) is 0 Å². The Morgan fingerprint density at radius 3 is 2.41 bits per heavy atom. The fourth-order valence-corrected chi connectivity index (χ4v) is 4.74. The van der Waals surface area contributed by atoms with Gasteiger partial charge in [0, 0.05) is 12.8 Å². The number of anilines is 1. The van der Waals surface area contributed by atoms with E-state index in [2.05, 4.69) is 4.99 Å². The maximum atomic E-state index is 13.2. The van der Waals surface area contributed by atoms with E-state index in [4.69, 9.17) is 10.00 Å². The predicted octanol–water partition coefficient (Wildman–Crippen LogP) is 5.03. The number of aryl methyl sites for hydroxylation is 1. The third-order valence-corrected chi connectivity index (χ3v) is 6.87. The summed E-state index contributed by atoms with van der Waals surface area (Å²) in [7, 11) is -3.82. The minimum absolute atomic E-state index is 0.0490. The lowest BCUT2D eigenvalue weighted by atomic mass is 10.1. The van der Waals surface area contributed by atoms with Crippen LogP contribution in [0, 0.1) is 18.3 Å². The summed E-state index contributed by atoms with van der Waals surface area (Å²) in [4.78, 5) is 16.4. The SMILES string of the molecule is CCOC(=O)c1ccc(N=Cc2ccc(N(CCC#N)S(=O)(=O)c3ccccc3)cc2C)cc1. The molecule has 0 aliphatic rings. The second-order valence-electron chi connectivity index (χ2n) is 7.36. The molecule has 0 atom stereocenters. The standard InChI is InChI=1S/C26H25N3O4S/c1-3-33-26(30)21-10-13-23(14-11-21)28-19-22-12-15-24(18-20(22)2)29(17-7-16-27)34(31,32)25-8-5-4-6-9-25/h4-6,8-15,18-19H,3,7,17H2,1-2H3. The number of nitrogens with zero attached hydrogens (tertiary/aromatic N) is 3. The molecule has 0 amide bonds. The molecule has 174 valence electrons. The normalized spacial score (nSPS) is 11.2. The molecule has 0 spiro atoms. The first-order chi connectivity index (χ1) is 16.4. The minimum Gasteiger partial charge on any atom is -0.462 e. The van der Waals surface area contributed by atoms with Crippen LogP contribution in [0.5, 0.6) is 0 Å². The lowest BCUT2D eigenvalue weighted by molar-refractivity contribution is 0.0526. The largest absolute Gasteiger partial charge is 0.462 e. The average Bonchev–Trinajstić information content (AvgIpc) is 2.84. The van der Waals surface area contributed by atoms with Crippen molar-refractivity contribution in [2.75, 3.05) is 17.5 Å². The van der Waals surface area contributed by atoms with E-state index >= 15 is 0 Å². The molecule has 0 saturated heterocycles. The molecule has 7 nitrogen and oxygen atoms in total. The molecule has 0 radical (unpaired) electrons. The van der Waals surface area contributed by atoms with Crippen molar-refractivity contribution in [2.45, 2.75) is 25.2 Å². The Bertz CT molecular complexity index is 1310. The zero-order valence-electron chi connectivity index (χ0n) is 19.0. The highest BCUT2D eigenvalue weighted by Gasteiger charge is 2.24. The number of carbonyl (C=O) groups is 1. The van der Waals surface area contributed by atoms with Gasteiger partial charge in [0.2, 0.25) is 0 Å². The van der Waals surface area contributed by atoms with Gasteiger partial charge in [-0.1, -0.05) is 24.3 Å². The van der Waals surface area contributed by atoms with Crippen molar-refractivity contribution in [3.63, 3.8) is 0 Å². The van der Waals surface area contributed by atoms with Crippen LogP contribution in [0.1, 0.15) is 34.8 Å². The molecule has 0 aliphatic carbocycles. The van der Waals surface area contributed by atoms with Gasteiger partial charge in [-0.05, 0) is 73.5 Å². The van der Waals surface area contributed by atoms with Gasteiger partial charge in [-0.3, -0.25) is 9.30 Å². The third kappa shape index (κ3) is 5.88. The van der Waals surface area contributed by atoms with Crippen molar-refractivity contribution >= 4 is 33.6 Å². The van der Waals surface area contributed by atoms with Crippen LogP contribution in [-0.4, -0.2) is 33.8 Å². The lowest BCUT2D eigenvalue weighted by Crippen LogP contribution is -2.32. The maximum absolute atomic E-state index is 13.2. The van der Waals surface area contributed by atoms with Gasteiger partial charge in [-0.2, -0.15) is 5.26 Å². The summed E-state index contributed by atoms with van der Waals surface area (Å²) in [5, 5.41) is 9.03. The first-order valence-corrected chi connectivity index (χ1v) is 12.2. The number of hydrogen-bond donors (Lipinski definition) is 0. The number of carbonyl (C=O) groups excluding carboxylic acids is 1. The second kappa shape index (κ2) is 11.3. The topological polar surface area (TPSA) is 99.8 Å². The molecule has 0 heterocycles. The fourth-order valence-electron chi connectivity index (χ4n) is 3.26. The molecule has 0 N–H and O–H groups in total. The van der Waals surface area contributed by atoms with Crippen molar-refractivity contribution in [2.24, 2.45) is 4.99 Å². The quantitative estimate of drug-likeness (QED) is 0.319. The van der Waals surface area contributed by atoms with Crippen molar-refractivity contribution in [3.8, 4) is 6.07 Å². The summed E-state index contributed by atoms with van der Waals surface area (Å²) < 4.78 is 32.7. The van der Waals surface area contributed by atoms with E-state index in [1.807, 2.05) is 13.0 Å². The van der Waals surface area contributed by atoms with Crippen LogP contribution in [-0.2, 0) is 14.8 Å². The summed E-state index contributed by atoms with van der Waals surface area (Å²) in [6.45, 7) is 3.98. The number of nitriles is 1. The third-order valence-electron chi connectivity index (χ3n) is 5.03. The Labute approximate surface area is 200 Å². The fraction of sp³-hybridized carbons (Fsp3) is 0.192. The number of benzene rings is 3. The van der Waals surface area contributed by atoms with Crippen LogP contribution < -0.4 is 4.31 Å². The van der Waals surface area contributed by atoms with E-state index in [-0.39, 0.29) is 23.8 Å². The van der Waals surface area contributed by atoms with E-state index in [1.54, 1.807) is 73.8 Å². The van der Waals surface area contributed by atoms with Gasteiger partial charge in [0.1, 0.15) is 0 Å². The second-order valence-corrected chi connectivity index (χ2v) is 9.23. The van der Waals surface area contributed by atoms with E-state index in [0.717, 1.165) is 11.1 Å². The molecule has 0 aliphatic heterocycles. The van der Waals surface area contributed by atoms with Gasteiger partial charge in [-0.25, -0.2) is 13.2 Å². The smallest absolute Gasteiger partial charge is 0.338 e. The molecule has 0 bridgehead atoms. The van der Waals surface area contributed by atoms with Crippen LogP contribution in [0.2, 0.25) is 0 Å². The summed E-state index contributed by atoms with van der Waals surface area (Å²) in [6, 6.07) is 22.2. The number of sulfonamides is 1. The Kier molecular flexibility index (Phi) is 8.17. The molecule has 0 unspecified atom stereocenters. The monoisotopic (exact) mass is 475 g/mol. The Balaban J connectivity index is 1.85. The molecule has 0 saturated carbocycles. The van der Waals surface area contributed by atoms with Gasteiger partial charge in [0.25, 0.3) is 10.0 Å². The zero-order chi connectivity index (χ0) is 24.6. The van der Waals surface area contributed by atoms with Crippen molar-refractivity contribution < 1.29 is 17.9 Å². The predicted molar refractivity (Wildman–Crippen MR) is 132 cm³/mol. The van der Waals surface area contributed by atoms with Gasteiger partial charge >= 0.3 is 5.97 Å². The van der Waals surface area contributed by atoms with E-state index in [0.29, 0.717) is 23.5 Å². The summed E-state index contributed by atoms with van der Waals surface area (Å²) >= 11 is 0. The van der Waals surface area contributed by atoms with Crippen LogP contribution >= 0.6 is 0 Å². The van der Waals surface area contributed by atoms with Gasteiger partial charge in [-0.15, -0.1) is 0 Å². The minimum atomic E-state index is -3.82. The summed E-state index contributed by atoms with van der Waals surface area (Å²) in [5.74, 6) is -0.379. The number of aliphatic imine (C=N–C) groups is 1. The Hall–Kier alpha value is -3.96. The van der Waals surface area contributed by atoms with E-state index < -0.39 is 10.0 Å². The maximum Gasteiger partial charge on any atom is 0.338 e. The first kappa shape index (κ1) is 24.7. The Morgan fingerprint density at radius 1 is 1.09 bits per heavy atom. The molecular formula is C26H25N3O4S. The number of rotatable bonds is 9. The number of esters is 1. The lowest BCUT2D eigenvalue weighted by Gasteiger charge is -2.24. The van der Waals surface area contributed by atoms with Crippen LogP contribution in [0.15, 0.2) is 82.7 Å². The molecule has 3 aromatic rings. The molecular weight excluding hydrogens is 450 g/mol. The number of hydrogen-bond acceptors (Lipinski definition) is 6. The van der Waals surface area contributed by atoms with Crippen LogP contribution in [0.25, 0.3) is 0 Å². The summed E-state index contributed by atoms with van der Waals surface area (Å²) in [5.41, 5.74) is 3.25. The summed E-state index contributed by atoms with van der Waals surface area (Å²) in [6.07, 6.45) is 1.75. The molecule has 0 fully saturated rings. The molecule has 0 aromatic heterocycles. The van der Waals surface area contributed by atoms with E-state index in [9.17, 15) is 13.2 Å². The van der Waals surface area contributed by atoms with E-state index in [1.165, 1.54) is 16.4 Å².